The quantitative estimate of drug-likeness (QED) is 0.694. The van der Waals surface area contributed by atoms with Gasteiger partial charge >= 0.3 is 12.0 Å². The Morgan fingerprint density at radius 1 is 1.44 bits per heavy atom. The number of likely N-dealkylation sites (N-methyl/N-ethyl adjacent to an activating group) is 1. The van der Waals surface area contributed by atoms with Crippen LogP contribution in [0.15, 0.2) is 0 Å². The van der Waals surface area contributed by atoms with Gasteiger partial charge in [0.2, 0.25) is 0 Å². The second-order valence-corrected chi connectivity index (χ2v) is 3.87. The van der Waals surface area contributed by atoms with Crippen molar-refractivity contribution in [2.45, 2.75) is 19.9 Å². The first-order valence-electron chi connectivity index (χ1n) is 5.12. The molecule has 0 spiro atoms. The molecule has 0 heterocycles. The maximum absolute atomic E-state index is 11.5. The Hall–Kier alpha value is -1.30. The predicted octanol–water partition coefficient (Wildman–Crippen LogP) is 0.383. The zero-order valence-electron chi connectivity index (χ0n) is 10.2. The highest BCUT2D eigenvalue weighted by molar-refractivity contribution is 5.82. The summed E-state index contributed by atoms with van der Waals surface area (Å²) in [5, 5.41) is 11.4. The van der Waals surface area contributed by atoms with Crippen molar-refractivity contribution < 1.29 is 19.4 Å². The van der Waals surface area contributed by atoms with Gasteiger partial charge in [0.25, 0.3) is 0 Å². The van der Waals surface area contributed by atoms with Gasteiger partial charge in [-0.2, -0.15) is 0 Å². The Labute approximate surface area is 95.6 Å². The number of carbonyl (C=O) groups excluding carboxylic acids is 1. The van der Waals surface area contributed by atoms with Gasteiger partial charge in [0, 0.05) is 20.7 Å². The molecule has 0 radical (unpaired) electrons. The van der Waals surface area contributed by atoms with Crippen LogP contribution in [0.1, 0.15) is 13.8 Å². The molecular weight excluding hydrogens is 212 g/mol. The maximum Gasteiger partial charge on any atom is 0.326 e. The third-order valence-corrected chi connectivity index (χ3v) is 2.31. The standard InChI is InChI=1S/C10H20N2O4/c1-7(6-16-4)5-11-10(15)12(3)8(2)9(13)14/h7-8H,5-6H2,1-4H3,(H,11,15)(H,13,14). The lowest BCUT2D eigenvalue weighted by molar-refractivity contribution is -0.141. The van der Waals surface area contributed by atoms with E-state index in [0.29, 0.717) is 13.2 Å². The summed E-state index contributed by atoms with van der Waals surface area (Å²) in [6.07, 6.45) is 0. The molecule has 0 rings (SSSR count). The maximum atomic E-state index is 11.5. The van der Waals surface area contributed by atoms with Crippen LogP contribution >= 0.6 is 0 Å². The highest BCUT2D eigenvalue weighted by atomic mass is 16.5. The average Bonchev–Trinajstić information content (AvgIpc) is 2.24. The zero-order valence-corrected chi connectivity index (χ0v) is 10.2. The van der Waals surface area contributed by atoms with Gasteiger partial charge in [-0.3, -0.25) is 0 Å². The number of urea groups is 1. The number of nitrogens with zero attached hydrogens (tertiary/aromatic N) is 1. The van der Waals surface area contributed by atoms with E-state index in [1.807, 2.05) is 6.92 Å². The number of rotatable bonds is 6. The molecule has 2 N–H and O–H groups in total. The smallest absolute Gasteiger partial charge is 0.326 e. The van der Waals surface area contributed by atoms with Crippen molar-refractivity contribution in [2.24, 2.45) is 5.92 Å². The summed E-state index contributed by atoms with van der Waals surface area (Å²) < 4.78 is 4.92. The second-order valence-electron chi connectivity index (χ2n) is 3.87. The molecule has 0 saturated heterocycles. The predicted molar refractivity (Wildman–Crippen MR) is 59.3 cm³/mol. The van der Waals surface area contributed by atoms with Gasteiger partial charge in [0.15, 0.2) is 0 Å². The van der Waals surface area contributed by atoms with Crippen LogP contribution in [0.3, 0.4) is 0 Å². The minimum atomic E-state index is -1.03. The van der Waals surface area contributed by atoms with Gasteiger partial charge in [-0.15, -0.1) is 0 Å². The van der Waals surface area contributed by atoms with Crippen LogP contribution in [-0.2, 0) is 9.53 Å². The van der Waals surface area contributed by atoms with E-state index in [1.54, 1.807) is 7.11 Å². The summed E-state index contributed by atoms with van der Waals surface area (Å²) in [5.41, 5.74) is 0. The lowest BCUT2D eigenvalue weighted by atomic mass is 10.2. The van der Waals surface area contributed by atoms with Crippen molar-refractivity contribution in [3.05, 3.63) is 0 Å². The number of carbonyl (C=O) groups is 2. The number of methoxy groups -OCH3 is 1. The topological polar surface area (TPSA) is 78.9 Å². The number of carboxylic acid groups (broad SMARTS) is 1. The molecule has 0 aliphatic rings. The minimum absolute atomic E-state index is 0.197. The van der Waals surface area contributed by atoms with Gasteiger partial charge in [-0.1, -0.05) is 6.92 Å². The molecule has 0 aromatic carbocycles. The van der Waals surface area contributed by atoms with Crippen molar-refractivity contribution in [2.75, 3.05) is 27.3 Å². The van der Waals surface area contributed by atoms with Gasteiger partial charge in [0.1, 0.15) is 6.04 Å². The third-order valence-electron chi connectivity index (χ3n) is 2.31. The van der Waals surface area contributed by atoms with Crippen molar-refractivity contribution in [3.63, 3.8) is 0 Å². The van der Waals surface area contributed by atoms with Gasteiger partial charge in [-0.25, -0.2) is 9.59 Å². The van der Waals surface area contributed by atoms with Crippen LogP contribution in [0.25, 0.3) is 0 Å². The van der Waals surface area contributed by atoms with Gasteiger partial charge in [-0.05, 0) is 12.8 Å². The van der Waals surface area contributed by atoms with E-state index >= 15 is 0 Å². The van der Waals surface area contributed by atoms with Crippen LogP contribution in [0.2, 0.25) is 0 Å². The summed E-state index contributed by atoms with van der Waals surface area (Å²) in [6.45, 7) is 4.41. The first kappa shape index (κ1) is 14.7. The van der Waals surface area contributed by atoms with Crippen LogP contribution in [0.5, 0.6) is 0 Å². The van der Waals surface area contributed by atoms with Crippen molar-refractivity contribution in [3.8, 4) is 0 Å². The molecule has 0 saturated carbocycles. The van der Waals surface area contributed by atoms with Gasteiger partial charge in [0.05, 0.1) is 6.61 Å². The molecule has 16 heavy (non-hydrogen) atoms. The number of hydrogen-bond acceptors (Lipinski definition) is 3. The van der Waals surface area contributed by atoms with E-state index in [4.69, 9.17) is 9.84 Å². The summed E-state index contributed by atoms with van der Waals surface area (Å²) in [4.78, 5) is 23.3. The molecule has 0 aromatic rings. The molecule has 2 atom stereocenters. The molecule has 2 unspecified atom stereocenters. The molecular formula is C10H20N2O4. The first-order chi connectivity index (χ1) is 7.40. The number of hydrogen-bond donors (Lipinski definition) is 2. The fourth-order valence-corrected chi connectivity index (χ4v) is 1.07. The van der Waals surface area contributed by atoms with E-state index in [-0.39, 0.29) is 5.92 Å². The van der Waals surface area contributed by atoms with Crippen LogP contribution in [-0.4, -0.2) is 55.4 Å². The van der Waals surface area contributed by atoms with Crippen molar-refractivity contribution in [1.82, 2.24) is 10.2 Å². The van der Waals surface area contributed by atoms with E-state index < -0.39 is 18.0 Å². The average molecular weight is 232 g/mol. The third kappa shape index (κ3) is 4.97. The lowest BCUT2D eigenvalue weighted by Crippen LogP contribution is -2.46. The molecule has 94 valence electrons. The Morgan fingerprint density at radius 2 is 2.00 bits per heavy atom. The molecule has 6 heteroatoms. The number of carboxylic acids is 1. The Balaban J connectivity index is 4.01. The summed E-state index contributed by atoms with van der Waals surface area (Å²) in [5.74, 6) is -0.829. The number of ether oxygens (including phenoxy) is 1. The van der Waals surface area contributed by atoms with E-state index in [2.05, 4.69) is 5.32 Å². The Bertz CT molecular complexity index is 245. The fraction of sp³-hybridized carbons (Fsp3) is 0.800. The van der Waals surface area contributed by atoms with Crippen molar-refractivity contribution in [1.29, 1.82) is 0 Å². The van der Waals surface area contributed by atoms with Gasteiger partial charge < -0.3 is 20.1 Å². The first-order valence-corrected chi connectivity index (χ1v) is 5.12. The van der Waals surface area contributed by atoms with Crippen LogP contribution < -0.4 is 5.32 Å². The number of nitrogens with one attached hydrogen (secondary N) is 1. The normalized spacial score (nSPS) is 14.0. The number of aliphatic carboxylic acids is 1. The van der Waals surface area contributed by atoms with E-state index in [9.17, 15) is 9.59 Å². The largest absolute Gasteiger partial charge is 0.480 e. The lowest BCUT2D eigenvalue weighted by Gasteiger charge is -2.22. The highest BCUT2D eigenvalue weighted by Crippen LogP contribution is 1.98. The van der Waals surface area contributed by atoms with Crippen LogP contribution in [0, 0.1) is 5.92 Å². The summed E-state index contributed by atoms with van der Waals surface area (Å²) in [7, 11) is 3.05. The molecule has 0 bridgehead atoms. The SMILES string of the molecule is COCC(C)CNC(=O)N(C)C(C)C(=O)O. The zero-order chi connectivity index (χ0) is 12.7. The second kappa shape index (κ2) is 7.05. The molecule has 6 nitrogen and oxygen atoms in total. The summed E-state index contributed by atoms with van der Waals surface area (Å²) >= 11 is 0. The Morgan fingerprint density at radius 3 is 2.44 bits per heavy atom. The minimum Gasteiger partial charge on any atom is -0.480 e. The van der Waals surface area contributed by atoms with Crippen LogP contribution in [0.4, 0.5) is 4.79 Å². The molecule has 0 aliphatic heterocycles. The fourth-order valence-electron chi connectivity index (χ4n) is 1.07. The Kier molecular flexibility index (Phi) is 6.48. The summed E-state index contributed by atoms with van der Waals surface area (Å²) in [6, 6.07) is -1.23. The molecule has 0 aromatic heterocycles. The molecule has 0 fully saturated rings. The number of amides is 2. The van der Waals surface area contributed by atoms with Crippen molar-refractivity contribution >= 4 is 12.0 Å². The van der Waals surface area contributed by atoms with E-state index in [1.165, 1.54) is 14.0 Å². The van der Waals surface area contributed by atoms with E-state index in [0.717, 1.165) is 4.90 Å². The molecule has 2 amide bonds. The highest BCUT2D eigenvalue weighted by Gasteiger charge is 2.21. The monoisotopic (exact) mass is 232 g/mol. The molecule has 0 aliphatic carbocycles.